The van der Waals surface area contributed by atoms with Crippen LogP contribution in [-0.2, 0) is 20.7 Å². The predicted octanol–water partition coefficient (Wildman–Crippen LogP) is 1.86. The molecular formula is C14H18O5. The van der Waals surface area contributed by atoms with E-state index >= 15 is 0 Å². The number of hydrogen-bond donors (Lipinski definition) is 1. The van der Waals surface area contributed by atoms with Crippen LogP contribution in [0.15, 0.2) is 18.2 Å². The maximum absolute atomic E-state index is 11.4. The molecule has 0 radical (unpaired) electrons. The molecule has 5 heteroatoms. The van der Waals surface area contributed by atoms with Crippen LogP contribution in [0.3, 0.4) is 0 Å². The quantitative estimate of drug-likeness (QED) is 0.602. The molecule has 0 bridgehead atoms. The molecule has 0 saturated carbocycles. The number of esters is 1. The maximum atomic E-state index is 11.4. The Kier molecular flexibility index (Phi) is 5.85. The Morgan fingerprint density at radius 3 is 2.68 bits per heavy atom. The van der Waals surface area contributed by atoms with Gasteiger partial charge in [0, 0.05) is 6.42 Å². The summed E-state index contributed by atoms with van der Waals surface area (Å²) in [6.45, 7) is 1.87. The van der Waals surface area contributed by atoms with Gasteiger partial charge in [-0.3, -0.25) is 4.79 Å². The number of ether oxygens (including phenoxy) is 2. The lowest BCUT2D eigenvalue weighted by Gasteiger charge is -2.06. The lowest BCUT2D eigenvalue weighted by molar-refractivity contribution is -0.153. The number of carbonyl (C=O) groups is 2. The maximum Gasteiger partial charge on any atom is 0.374 e. The average molecular weight is 266 g/mol. The van der Waals surface area contributed by atoms with Gasteiger partial charge in [0.15, 0.2) is 11.5 Å². The first kappa shape index (κ1) is 15.0. The number of hydrogen-bond acceptors (Lipinski definition) is 5. The zero-order valence-electron chi connectivity index (χ0n) is 11.1. The van der Waals surface area contributed by atoms with Crippen LogP contribution < -0.4 is 4.74 Å². The Balaban J connectivity index is 2.45. The van der Waals surface area contributed by atoms with Crippen LogP contribution in [0.5, 0.6) is 11.5 Å². The molecule has 0 saturated heterocycles. The highest BCUT2D eigenvalue weighted by Crippen LogP contribution is 2.26. The minimum atomic E-state index is -0.772. The van der Waals surface area contributed by atoms with Gasteiger partial charge < -0.3 is 14.6 Å². The van der Waals surface area contributed by atoms with Gasteiger partial charge in [-0.25, -0.2) is 4.79 Å². The number of rotatable bonds is 7. The Morgan fingerprint density at radius 2 is 2.05 bits per heavy atom. The fourth-order valence-electron chi connectivity index (χ4n) is 1.64. The van der Waals surface area contributed by atoms with E-state index in [2.05, 4.69) is 4.74 Å². The summed E-state index contributed by atoms with van der Waals surface area (Å²) in [7, 11) is 1.48. The Labute approximate surface area is 112 Å². The number of phenols is 1. The third-order valence-corrected chi connectivity index (χ3v) is 2.62. The summed E-state index contributed by atoms with van der Waals surface area (Å²) in [6, 6.07) is 5.01. The van der Waals surface area contributed by atoms with Crippen molar-refractivity contribution in [2.75, 3.05) is 13.7 Å². The summed E-state index contributed by atoms with van der Waals surface area (Å²) < 4.78 is 9.61. The molecule has 1 rings (SSSR count). The molecule has 0 spiro atoms. The van der Waals surface area contributed by atoms with Crippen molar-refractivity contribution in [1.82, 2.24) is 0 Å². The van der Waals surface area contributed by atoms with Crippen LogP contribution in [0.2, 0.25) is 0 Å². The molecule has 0 aliphatic heterocycles. The highest BCUT2D eigenvalue weighted by Gasteiger charge is 2.14. The SMILES string of the molecule is CCOC(=O)C(=O)CCCc1ccc(O)c(OC)c1. The number of benzene rings is 1. The lowest BCUT2D eigenvalue weighted by Crippen LogP contribution is -2.17. The molecule has 0 atom stereocenters. The molecule has 1 N–H and O–H groups in total. The highest BCUT2D eigenvalue weighted by molar-refractivity contribution is 6.33. The fraction of sp³-hybridized carbons (Fsp3) is 0.429. The standard InChI is InChI=1S/C14H18O5/c1-3-19-14(17)12(16)6-4-5-10-7-8-11(15)13(9-10)18-2/h7-9,15H,3-6H2,1-2H3. The van der Waals surface area contributed by atoms with Gasteiger partial charge in [-0.2, -0.15) is 0 Å². The number of methoxy groups -OCH3 is 1. The first-order valence-corrected chi connectivity index (χ1v) is 6.14. The van der Waals surface area contributed by atoms with Crippen molar-refractivity contribution in [2.24, 2.45) is 0 Å². The third kappa shape index (κ3) is 4.62. The Bertz CT molecular complexity index is 453. The number of Topliss-reactive ketones (excluding diaryl/α,β-unsaturated/α-hetero) is 1. The summed E-state index contributed by atoms with van der Waals surface area (Å²) in [5.74, 6) is -0.804. The van der Waals surface area contributed by atoms with Crippen molar-refractivity contribution < 1.29 is 24.2 Å². The number of aromatic hydroxyl groups is 1. The Hall–Kier alpha value is -2.04. The highest BCUT2D eigenvalue weighted by atomic mass is 16.5. The van der Waals surface area contributed by atoms with Crippen LogP contribution in [0.1, 0.15) is 25.3 Å². The van der Waals surface area contributed by atoms with Gasteiger partial charge in [-0.05, 0) is 37.5 Å². The summed E-state index contributed by atoms with van der Waals surface area (Å²) in [4.78, 5) is 22.5. The Morgan fingerprint density at radius 1 is 1.32 bits per heavy atom. The fourth-order valence-corrected chi connectivity index (χ4v) is 1.64. The topological polar surface area (TPSA) is 72.8 Å². The number of carbonyl (C=O) groups excluding carboxylic acids is 2. The first-order chi connectivity index (χ1) is 9.08. The summed E-state index contributed by atoms with van der Waals surface area (Å²) in [5, 5.41) is 9.44. The van der Waals surface area contributed by atoms with E-state index in [4.69, 9.17) is 4.74 Å². The van der Waals surface area contributed by atoms with E-state index in [1.165, 1.54) is 7.11 Å². The molecular weight excluding hydrogens is 248 g/mol. The van der Waals surface area contributed by atoms with Gasteiger partial charge in [0.05, 0.1) is 13.7 Å². The molecule has 0 unspecified atom stereocenters. The van der Waals surface area contributed by atoms with Gasteiger partial charge in [-0.15, -0.1) is 0 Å². The minimum absolute atomic E-state index is 0.0776. The molecule has 0 aliphatic carbocycles. The van der Waals surface area contributed by atoms with Gasteiger partial charge in [0.2, 0.25) is 5.78 Å². The van der Waals surface area contributed by atoms with Gasteiger partial charge in [0.25, 0.3) is 0 Å². The zero-order chi connectivity index (χ0) is 14.3. The van der Waals surface area contributed by atoms with Crippen LogP contribution in [0.25, 0.3) is 0 Å². The molecule has 104 valence electrons. The van der Waals surface area contributed by atoms with E-state index < -0.39 is 11.8 Å². The normalized spacial score (nSPS) is 10.0. The predicted molar refractivity (Wildman–Crippen MR) is 69.2 cm³/mol. The summed E-state index contributed by atoms with van der Waals surface area (Å²) in [6.07, 6.45) is 1.33. The molecule has 0 heterocycles. The van der Waals surface area contributed by atoms with Crippen LogP contribution in [0.4, 0.5) is 0 Å². The molecule has 19 heavy (non-hydrogen) atoms. The van der Waals surface area contributed by atoms with Crippen molar-refractivity contribution in [1.29, 1.82) is 0 Å². The second kappa shape index (κ2) is 7.41. The molecule has 5 nitrogen and oxygen atoms in total. The van der Waals surface area contributed by atoms with Gasteiger partial charge in [0.1, 0.15) is 0 Å². The molecule has 0 fully saturated rings. The minimum Gasteiger partial charge on any atom is -0.504 e. The smallest absolute Gasteiger partial charge is 0.374 e. The summed E-state index contributed by atoms with van der Waals surface area (Å²) in [5.41, 5.74) is 0.936. The van der Waals surface area contributed by atoms with Crippen LogP contribution in [0, 0.1) is 0 Å². The lowest BCUT2D eigenvalue weighted by atomic mass is 10.1. The van der Waals surface area contributed by atoms with Crippen LogP contribution in [-0.4, -0.2) is 30.6 Å². The number of phenolic OH excluding ortho intramolecular Hbond substituents is 1. The molecule has 1 aromatic carbocycles. The van der Waals surface area contributed by atoms with E-state index in [9.17, 15) is 14.7 Å². The van der Waals surface area contributed by atoms with Crippen molar-refractivity contribution in [2.45, 2.75) is 26.2 Å². The number of ketones is 1. The monoisotopic (exact) mass is 266 g/mol. The van der Waals surface area contributed by atoms with E-state index in [1.807, 2.05) is 0 Å². The van der Waals surface area contributed by atoms with E-state index in [0.717, 1.165) is 5.56 Å². The van der Waals surface area contributed by atoms with Crippen LogP contribution >= 0.6 is 0 Å². The molecule has 0 aliphatic rings. The average Bonchev–Trinajstić information content (AvgIpc) is 2.40. The molecule has 0 aromatic heterocycles. The second-order valence-electron chi connectivity index (χ2n) is 4.00. The largest absolute Gasteiger partial charge is 0.504 e. The van der Waals surface area contributed by atoms with Gasteiger partial charge in [-0.1, -0.05) is 6.07 Å². The third-order valence-electron chi connectivity index (χ3n) is 2.62. The number of aryl methyl sites for hydroxylation is 1. The van der Waals surface area contributed by atoms with E-state index in [1.54, 1.807) is 25.1 Å². The van der Waals surface area contributed by atoms with E-state index in [0.29, 0.717) is 18.6 Å². The molecule has 1 aromatic rings. The van der Waals surface area contributed by atoms with Crippen molar-refractivity contribution in [3.8, 4) is 11.5 Å². The van der Waals surface area contributed by atoms with Crippen molar-refractivity contribution in [3.63, 3.8) is 0 Å². The van der Waals surface area contributed by atoms with E-state index in [-0.39, 0.29) is 18.8 Å². The molecule has 0 amide bonds. The first-order valence-electron chi connectivity index (χ1n) is 6.14. The van der Waals surface area contributed by atoms with Crippen molar-refractivity contribution in [3.05, 3.63) is 23.8 Å². The summed E-state index contributed by atoms with van der Waals surface area (Å²) >= 11 is 0. The zero-order valence-corrected chi connectivity index (χ0v) is 11.1. The van der Waals surface area contributed by atoms with Gasteiger partial charge >= 0.3 is 5.97 Å². The second-order valence-corrected chi connectivity index (χ2v) is 4.00. The van der Waals surface area contributed by atoms with Crippen molar-refractivity contribution >= 4 is 11.8 Å².